The van der Waals surface area contributed by atoms with Crippen molar-refractivity contribution in [2.75, 3.05) is 5.73 Å². The Morgan fingerprint density at radius 3 is 1.90 bits per heavy atom. The minimum absolute atomic E-state index is 0. The van der Waals surface area contributed by atoms with Gasteiger partial charge in [-0.05, 0) is 29.7 Å². The third-order valence-electron chi connectivity index (χ3n) is 2.53. The predicted octanol–water partition coefficient (Wildman–Crippen LogP) is -1.97. The van der Waals surface area contributed by atoms with Gasteiger partial charge in [0, 0.05) is 11.1 Å². The molecule has 0 aromatic heterocycles. The number of nitrogens with two attached hydrogens (primary N) is 1. The van der Waals surface area contributed by atoms with Crippen LogP contribution in [0.4, 0.5) is 5.69 Å². The van der Waals surface area contributed by atoms with E-state index in [0.29, 0.717) is 5.39 Å². The van der Waals surface area contributed by atoms with Crippen molar-refractivity contribution >= 4 is 36.7 Å². The minimum atomic E-state index is -4.46. The number of rotatable bonds is 2. The van der Waals surface area contributed by atoms with Gasteiger partial charge in [0.05, 0.1) is 9.79 Å². The van der Waals surface area contributed by atoms with Gasteiger partial charge in [-0.2, -0.15) is 16.8 Å². The Kier molecular flexibility index (Phi) is 5.39. The van der Waals surface area contributed by atoms with Crippen LogP contribution >= 0.6 is 0 Å². The summed E-state index contributed by atoms with van der Waals surface area (Å²) in [7, 11) is -8.87. The molecule has 20 heavy (non-hydrogen) atoms. The third-order valence-corrected chi connectivity index (χ3v) is 4.21. The Balaban J connectivity index is 0.00000200. The standard InChI is InChI=1S/C10H9NO6S2.K.H/c11-10-5-8(19(15,16)17)4-6-3-7(18(12,13)14)1-2-9(6)10;;/h1-5H,11H2,(H,12,13,14)(H,15,16,17);;/q;+1;-1. The quantitative estimate of drug-likeness (QED) is 0.327. The van der Waals surface area contributed by atoms with Crippen LogP contribution in [0.1, 0.15) is 1.43 Å². The van der Waals surface area contributed by atoms with Crippen LogP contribution in [-0.2, 0) is 20.2 Å². The van der Waals surface area contributed by atoms with Crippen LogP contribution in [0, 0.1) is 0 Å². The maximum atomic E-state index is 11.0. The molecule has 0 aliphatic rings. The van der Waals surface area contributed by atoms with Crippen molar-refractivity contribution in [2.45, 2.75) is 9.79 Å². The van der Waals surface area contributed by atoms with Crippen molar-refractivity contribution in [2.24, 2.45) is 0 Å². The van der Waals surface area contributed by atoms with Gasteiger partial charge >= 0.3 is 51.4 Å². The first-order chi connectivity index (χ1) is 8.59. The van der Waals surface area contributed by atoms with Gasteiger partial charge in [-0.1, -0.05) is 6.07 Å². The summed E-state index contributed by atoms with van der Waals surface area (Å²) in [6, 6.07) is 5.67. The maximum Gasteiger partial charge on any atom is 1.00 e. The molecule has 4 N–H and O–H groups in total. The molecule has 0 fully saturated rings. The molecule has 0 saturated carbocycles. The molecule has 0 heterocycles. The molecule has 0 aliphatic carbocycles. The van der Waals surface area contributed by atoms with E-state index < -0.39 is 30.0 Å². The van der Waals surface area contributed by atoms with Crippen LogP contribution in [-0.4, -0.2) is 25.9 Å². The largest absolute Gasteiger partial charge is 1.00 e. The molecular formula is C10H10KNO6S2. The summed E-state index contributed by atoms with van der Waals surface area (Å²) in [5.41, 5.74) is 5.69. The first-order valence-electron chi connectivity index (χ1n) is 4.87. The van der Waals surface area contributed by atoms with Crippen LogP contribution in [0.3, 0.4) is 0 Å². The van der Waals surface area contributed by atoms with Gasteiger partial charge in [-0.3, -0.25) is 9.11 Å². The minimum Gasteiger partial charge on any atom is -1.00 e. The molecule has 104 valence electrons. The fourth-order valence-corrected chi connectivity index (χ4v) is 2.73. The van der Waals surface area contributed by atoms with E-state index in [2.05, 4.69) is 0 Å². The molecule has 0 radical (unpaired) electrons. The topological polar surface area (TPSA) is 135 Å². The number of nitrogen functional groups attached to an aromatic ring is 1. The number of hydrogen-bond acceptors (Lipinski definition) is 5. The summed E-state index contributed by atoms with van der Waals surface area (Å²) in [5, 5.41) is 0.572. The Bertz CT molecular complexity index is 877. The zero-order chi connectivity index (χ0) is 14.4. The number of fused-ring (bicyclic) bond motifs is 1. The Hall–Kier alpha value is -0.0436. The van der Waals surface area contributed by atoms with Crippen molar-refractivity contribution < 1.29 is 78.8 Å². The van der Waals surface area contributed by atoms with E-state index in [1.165, 1.54) is 6.07 Å². The van der Waals surface area contributed by atoms with Crippen molar-refractivity contribution in [3.05, 3.63) is 30.3 Å². The molecule has 2 aromatic rings. The number of benzene rings is 2. The zero-order valence-electron chi connectivity index (χ0n) is 11.3. The smallest absolute Gasteiger partial charge is 1.00 e. The third kappa shape index (κ3) is 3.78. The van der Waals surface area contributed by atoms with Crippen LogP contribution in [0.5, 0.6) is 0 Å². The van der Waals surface area contributed by atoms with E-state index in [-0.39, 0.29) is 63.9 Å². The van der Waals surface area contributed by atoms with E-state index in [4.69, 9.17) is 14.8 Å². The Morgan fingerprint density at radius 2 is 1.40 bits per heavy atom. The van der Waals surface area contributed by atoms with E-state index in [0.717, 1.165) is 24.3 Å². The second kappa shape index (κ2) is 5.99. The Morgan fingerprint density at radius 1 is 0.900 bits per heavy atom. The summed E-state index contributed by atoms with van der Waals surface area (Å²) >= 11 is 0. The molecule has 0 amide bonds. The average molecular weight is 343 g/mol. The summed E-state index contributed by atoms with van der Waals surface area (Å²) in [5.74, 6) is 0. The number of hydrogen-bond donors (Lipinski definition) is 3. The second-order valence-corrected chi connectivity index (χ2v) is 6.69. The van der Waals surface area contributed by atoms with Crippen LogP contribution in [0.2, 0.25) is 0 Å². The van der Waals surface area contributed by atoms with Crippen LogP contribution in [0.15, 0.2) is 40.1 Å². The fraction of sp³-hybridized carbons (Fsp3) is 0. The van der Waals surface area contributed by atoms with Gasteiger partial charge in [0.15, 0.2) is 0 Å². The number of anilines is 1. The molecule has 0 spiro atoms. The average Bonchev–Trinajstić information content (AvgIpc) is 2.25. The first kappa shape index (κ1) is 18.0. The van der Waals surface area contributed by atoms with Gasteiger partial charge in [0.2, 0.25) is 0 Å². The molecule has 10 heteroatoms. The van der Waals surface area contributed by atoms with Gasteiger partial charge in [-0.15, -0.1) is 0 Å². The van der Waals surface area contributed by atoms with E-state index >= 15 is 0 Å². The molecule has 0 unspecified atom stereocenters. The van der Waals surface area contributed by atoms with E-state index in [9.17, 15) is 16.8 Å². The van der Waals surface area contributed by atoms with Crippen molar-refractivity contribution in [3.63, 3.8) is 0 Å². The summed E-state index contributed by atoms with van der Waals surface area (Å²) in [6.45, 7) is 0. The molecule has 0 atom stereocenters. The van der Waals surface area contributed by atoms with E-state index in [1.54, 1.807) is 0 Å². The molecular weight excluding hydrogens is 333 g/mol. The fourth-order valence-electron chi connectivity index (χ4n) is 1.66. The monoisotopic (exact) mass is 343 g/mol. The van der Waals surface area contributed by atoms with Gasteiger partial charge in [0.1, 0.15) is 0 Å². The van der Waals surface area contributed by atoms with Gasteiger partial charge in [-0.25, -0.2) is 0 Å². The van der Waals surface area contributed by atoms with Gasteiger partial charge < -0.3 is 7.16 Å². The summed E-state index contributed by atoms with van der Waals surface area (Å²) in [6.07, 6.45) is 0. The van der Waals surface area contributed by atoms with Crippen molar-refractivity contribution in [3.8, 4) is 0 Å². The molecule has 0 bridgehead atoms. The SMILES string of the molecule is Nc1cc(S(=O)(=O)O)cc2cc(S(=O)(=O)O)ccc12.[H-].[K+]. The van der Waals surface area contributed by atoms with Crippen LogP contribution < -0.4 is 57.1 Å². The zero-order valence-corrected chi connectivity index (χ0v) is 15.1. The molecule has 2 rings (SSSR count). The molecule has 7 nitrogen and oxygen atoms in total. The summed E-state index contributed by atoms with van der Waals surface area (Å²) < 4.78 is 62.0. The first-order valence-corrected chi connectivity index (χ1v) is 7.75. The second-order valence-electron chi connectivity index (χ2n) is 3.85. The molecule has 0 saturated heterocycles. The molecule has 2 aromatic carbocycles. The van der Waals surface area contributed by atoms with Gasteiger partial charge in [0.25, 0.3) is 20.2 Å². The summed E-state index contributed by atoms with van der Waals surface area (Å²) in [4.78, 5) is -0.850. The predicted molar refractivity (Wildman–Crippen MR) is 69.1 cm³/mol. The Labute approximate surface area is 159 Å². The van der Waals surface area contributed by atoms with Crippen LogP contribution in [0.25, 0.3) is 10.8 Å². The maximum absolute atomic E-state index is 11.0. The molecule has 0 aliphatic heterocycles. The normalized spacial score (nSPS) is 12.1. The van der Waals surface area contributed by atoms with Crippen molar-refractivity contribution in [1.82, 2.24) is 0 Å². The van der Waals surface area contributed by atoms with Crippen molar-refractivity contribution in [1.29, 1.82) is 0 Å². The van der Waals surface area contributed by atoms with E-state index in [1.807, 2.05) is 0 Å².